The number of carbonyl (C=O) groups is 1. The van der Waals surface area contributed by atoms with E-state index in [4.69, 9.17) is 0 Å². The molecule has 1 saturated heterocycles. The highest BCUT2D eigenvalue weighted by Crippen LogP contribution is 2.30. The van der Waals surface area contributed by atoms with E-state index in [1.165, 1.54) is 6.07 Å². The number of nitro benzene ring substituents is 1. The van der Waals surface area contributed by atoms with Crippen LogP contribution in [0.3, 0.4) is 0 Å². The van der Waals surface area contributed by atoms with Gasteiger partial charge in [0, 0.05) is 48.0 Å². The number of non-ortho nitro benzene ring substituents is 1. The molecule has 7 nitrogen and oxygen atoms in total. The van der Waals surface area contributed by atoms with Gasteiger partial charge in [-0.3, -0.25) is 14.9 Å². The number of nitrogens with zero attached hydrogens (tertiary/aromatic N) is 3. The summed E-state index contributed by atoms with van der Waals surface area (Å²) in [6.07, 6.45) is 1.52. The minimum atomic E-state index is -0.406. The van der Waals surface area contributed by atoms with Crippen molar-refractivity contribution in [1.82, 2.24) is 4.98 Å². The van der Waals surface area contributed by atoms with Crippen LogP contribution in [-0.4, -0.2) is 22.4 Å². The molecule has 0 atom stereocenters. The van der Waals surface area contributed by atoms with Crippen molar-refractivity contribution in [3.8, 4) is 0 Å². The smallest absolute Gasteiger partial charge is 0.295 e. The normalized spacial score (nSPS) is 13.9. The van der Waals surface area contributed by atoms with Gasteiger partial charge in [-0.05, 0) is 37.1 Å². The first-order valence-corrected chi connectivity index (χ1v) is 9.21. The van der Waals surface area contributed by atoms with Gasteiger partial charge in [0.05, 0.1) is 4.92 Å². The number of amides is 1. The van der Waals surface area contributed by atoms with Crippen molar-refractivity contribution in [1.29, 1.82) is 0 Å². The summed E-state index contributed by atoms with van der Waals surface area (Å²) < 4.78 is 0. The molecular weight excluding hydrogens is 356 g/mol. The molecule has 0 aliphatic carbocycles. The summed E-state index contributed by atoms with van der Waals surface area (Å²) in [6, 6.07) is 14.8. The Morgan fingerprint density at radius 2 is 2.00 bits per heavy atom. The molecule has 1 aromatic heterocycles. The lowest BCUT2D eigenvalue weighted by atomic mass is 10.1. The highest BCUT2D eigenvalue weighted by molar-refractivity contribution is 5.97. The van der Waals surface area contributed by atoms with Crippen molar-refractivity contribution in [2.75, 3.05) is 16.8 Å². The van der Waals surface area contributed by atoms with Crippen molar-refractivity contribution in [2.45, 2.75) is 26.3 Å². The second kappa shape index (κ2) is 7.26. The zero-order valence-electron chi connectivity index (χ0n) is 15.5. The molecule has 142 valence electrons. The van der Waals surface area contributed by atoms with Crippen LogP contribution in [0.5, 0.6) is 0 Å². The summed E-state index contributed by atoms with van der Waals surface area (Å²) in [4.78, 5) is 28.9. The zero-order chi connectivity index (χ0) is 19.7. The molecule has 0 spiro atoms. The van der Waals surface area contributed by atoms with E-state index in [9.17, 15) is 14.9 Å². The number of anilines is 2. The number of fused-ring (bicyclic) bond motifs is 1. The quantitative estimate of drug-likeness (QED) is 0.533. The highest BCUT2D eigenvalue weighted by atomic mass is 16.6. The SMILES string of the molecule is Cc1cc(NCc2ccc(N3CCCC3=O)cc2)c2cccc([N+](=O)[O-])c2n1. The van der Waals surface area contributed by atoms with Gasteiger partial charge < -0.3 is 10.2 Å². The zero-order valence-corrected chi connectivity index (χ0v) is 15.5. The Bertz CT molecular complexity index is 1060. The number of benzene rings is 2. The van der Waals surface area contributed by atoms with Crippen LogP contribution in [0.4, 0.5) is 17.1 Å². The number of hydrogen-bond donors (Lipinski definition) is 1. The Kier molecular flexibility index (Phi) is 4.65. The van der Waals surface area contributed by atoms with Gasteiger partial charge in [-0.1, -0.05) is 24.3 Å². The molecule has 1 aliphatic rings. The third kappa shape index (κ3) is 3.38. The molecule has 4 rings (SSSR count). The monoisotopic (exact) mass is 376 g/mol. The fourth-order valence-electron chi connectivity index (χ4n) is 3.57. The van der Waals surface area contributed by atoms with Gasteiger partial charge in [-0.15, -0.1) is 0 Å². The molecule has 3 aromatic rings. The Labute approximate surface area is 162 Å². The first-order valence-electron chi connectivity index (χ1n) is 9.21. The summed E-state index contributed by atoms with van der Waals surface area (Å²) in [5.74, 6) is 0.172. The molecule has 1 aliphatic heterocycles. The van der Waals surface area contributed by atoms with Gasteiger partial charge >= 0.3 is 0 Å². The van der Waals surface area contributed by atoms with Crippen LogP contribution in [0.1, 0.15) is 24.1 Å². The maximum atomic E-state index is 11.9. The molecule has 0 radical (unpaired) electrons. The van der Waals surface area contributed by atoms with Crippen molar-refractivity contribution in [2.24, 2.45) is 0 Å². The molecule has 2 heterocycles. The summed E-state index contributed by atoms with van der Waals surface area (Å²) >= 11 is 0. The Morgan fingerprint density at radius 1 is 1.21 bits per heavy atom. The average molecular weight is 376 g/mol. The third-order valence-corrected chi connectivity index (χ3v) is 4.95. The van der Waals surface area contributed by atoms with Gasteiger partial charge in [0.25, 0.3) is 5.69 Å². The molecule has 2 aromatic carbocycles. The van der Waals surface area contributed by atoms with E-state index < -0.39 is 4.92 Å². The van der Waals surface area contributed by atoms with Crippen LogP contribution in [0.2, 0.25) is 0 Å². The van der Waals surface area contributed by atoms with E-state index in [1.54, 1.807) is 6.07 Å². The van der Waals surface area contributed by atoms with E-state index >= 15 is 0 Å². The molecule has 1 amide bonds. The lowest BCUT2D eigenvalue weighted by Crippen LogP contribution is -2.23. The van der Waals surface area contributed by atoms with E-state index in [2.05, 4.69) is 10.3 Å². The predicted octanol–water partition coefficient (Wildman–Crippen LogP) is 4.19. The van der Waals surface area contributed by atoms with Crippen LogP contribution >= 0.6 is 0 Å². The van der Waals surface area contributed by atoms with Gasteiger partial charge in [0.2, 0.25) is 5.91 Å². The molecule has 28 heavy (non-hydrogen) atoms. The molecular formula is C21H20N4O3. The number of hydrogen-bond acceptors (Lipinski definition) is 5. The second-order valence-electron chi connectivity index (χ2n) is 6.91. The summed E-state index contributed by atoms with van der Waals surface area (Å²) in [5.41, 5.74) is 3.90. The summed E-state index contributed by atoms with van der Waals surface area (Å²) in [6.45, 7) is 3.16. The number of nitro groups is 1. The number of aromatic nitrogens is 1. The molecule has 0 bridgehead atoms. The topological polar surface area (TPSA) is 88.4 Å². The van der Waals surface area contributed by atoms with Crippen LogP contribution < -0.4 is 10.2 Å². The molecule has 1 N–H and O–H groups in total. The standard InChI is InChI=1S/C21H20N4O3/c1-14-12-18(17-4-2-5-19(25(27)28)21(17)23-14)22-13-15-7-9-16(10-8-15)24-11-3-6-20(24)26/h2,4-5,7-10,12H,3,6,11,13H2,1H3,(H,22,23). The van der Waals surface area contributed by atoms with Crippen molar-refractivity contribution in [3.05, 3.63) is 69.9 Å². The van der Waals surface area contributed by atoms with E-state index in [-0.39, 0.29) is 11.6 Å². The molecule has 7 heteroatoms. The predicted molar refractivity (Wildman–Crippen MR) is 108 cm³/mol. The second-order valence-corrected chi connectivity index (χ2v) is 6.91. The van der Waals surface area contributed by atoms with Crippen molar-refractivity contribution >= 4 is 33.9 Å². The average Bonchev–Trinajstić information content (AvgIpc) is 3.11. The lowest BCUT2D eigenvalue weighted by molar-refractivity contribution is -0.383. The summed E-state index contributed by atoms with van der Waals surface area (Å²) in [7, 11) is 0. The largest absolute Gasteiger partial charge is 0.380 e. The number of pyridine rings is 1. The van der Waals surface area contributed by atoms with Gasteiger partial charge in [-0.25, -0.2) is 4.98 Å². The van der Waals surface area contributed by atoms with Crippen molar-refractivity contribution in [3.63, 3.8) is 0 Å². The third-order valence-electron chi connectivity index (χ3n) is 4.95. The maximum absolute atomic E-state index is 11.9. The van der Waals surface area contributed by atoms with E-state index in [0.717, 1.165) is 35.3 Å². The Hall–Kier alpha value is -3.48. The number of rotatable bonds is 5. The highest BCUT2D eigenvalue weighted by Gasteiger charge is 2.21. The Balaban J connectivity index is 1.56. The number of para-hydroxylation sites is 1. The molecule has 0 unspecified atom stereocenters. The van der Waals surface area contributed by atoms with E-state index in [1.807, 2.05) is 48.2 Å². The van der Waals surface area contributed by atoms with Crippen LogP contribution in [0.25, 0.3) is 10.9 Å². The summed E-state index contributed by atoms with van der Waals surface area (Å²) in [5, 5.41) is 15.4. The number of carbonyl (C=O) groups excluding carboxylic acids is 1. The maximum Gasteiger partial charge on any atom is 0.295 e. The fraction of sp³-hybridized carbons (Fsp3) is 0.238. The van der Waals surface area contributed by atoms with Crippen LogP contribution in [-0.2, 0) is 11.3 Å². The lowest BCUT2D eigenvalue weighted by Gasteiger charge is -2.16. The van der Waals surface area contributed by atoms with Crippen LogP contribution in [0.15, 0.2) is 48.5 Å². The fourth-order valence-corrected chi connectivity index (χ4v) is 3.57. The minimum Gasteiger partial charge on any atom is -0.380 e. The molecule has 1 fully saturated rings. The number of nitrogens with one attached hydrogen (secondary N) is 1. The molecule has 0 saturated carbocycles. The Morgan fingerprint density at radius 3 is 2.68 bits per heavy atom. The van der Waals surface area contributed by atoms with Crippen molar-refractivity contribution < 1.29 is 9.72 Å². The van der Waals surface area contributed by atoms with E-state index in [0.29, 0.717) is 24.2 Å². The van der Waals surface area contributed by atoms with Crippen LogP contribution in [0, 0.1) is 17.0 Å². The minimum absolute atomic E-state index is 0.00360. The van der Waals surface area contributed by atoms with Gasteiger partial charge in [0.1, 0.15) is 0 Å². The first-order chi connectivity index (χ1) is 13.5. The number of aryl methyl sites for hydroxylation is 1. The van der Waals surface area contributed by atoms with Gasteiger partial charge in [-0.2, -0.15) is 0 Å². The van der Waals surface area contributed by atoms with Gasteiger partial charge in [0.15, 0.2) is 5.52 Å². The first kappa shape index (κ1) is 17.9.